The Labute approximate surface area is 185 Å². The minimum absolute atomic E-state index is 0. The maximum absolute atomic E-state index is 12.3. The molecule has 1 saturated heterocycles. The van der Waals surface area contributed by atoms with Crippen LogP contribution in [0.1, 0.15) is 23.0 Å². The quantitative estimate of drug-likeness (QED) is 0.308. The van der Waals surface area contributed by atoms with Crippen molar-refractivity contribution in [2.24, 2.45) is 0 Å². The molecule has 3 heterocycles. The molecule has 0 aliphatic carbocycles. The normalized spacial score (nSPS) is 21.2. The number of carboxylic acid groups (broad SMARTS) is 1. The van der Waals surface area contributed by atoms with Gasteiger partial charge in [-0.15, -0.1) is 0 Å². The minimum Gasteiger partial charge on any atom is -0.545 e. The van der Waals surface area contributed by atoms with E-state index in [0.717, 1.165) is 0 Å². The van der Waals surface area contributed by atoms with Gasteiger partial charge < -0.3 is 30.6 Å². The molecular formula is C17H16N5NaO6. The third kappa shape index (κ3) is 3.80. The topological polar surface area (TPSA) is 179 Å². The fourth-order valence-corrected chi connectivity index (χ4v) is 3.27. The fourth-order valence-electron chi connectivity index (χ4n) is 3.27. The number of fused-ring (bicyclic) bond motifs is 1. The predicted molar refractivity (Wildman–Crippen MR) is 93.9 cm³/mol. The van der Waals surface area contributed by atoms with Crippen LogP contribution in [0.2, 0.25) is 0 Å². The number of rotatable bonds is 4. The Kier molecular flexibility index (Phi) is 6.08. The molecule has 0 unspecified atom stereocenters. The summed E-state index contributed by atoms with van der Waals surface area (Å²) in [5.41, 5.74) is 5.75. The summed E-state index contributed by atoms with van der Waals surface area (Å²) < 4.78 is 7.21. The number of nitrogens with one attached hydrogen (secondary N) is 1. The third-order valence-electron chi connectivity index (χ3n) is 4.62. The molecule has 4 rings (SSSR count). The number of nitrogens with zero attached hydrogens (tertiary/aromatic N) is 3. The Bertz CT molecular complexity index is 1110. The molecule has 12 heteroatoms. The Balaban J connectivity index is 0.00000240. The van der Waals surface area contributed by atoms with E-state index in [1.54, 1.807) is 0 Å². The van der Waals surface area contributed by atoms with E-state index < -0.39 is 30.0 Å². The summed E-state index contributed by atoms with van der Waals surface area (Å²) in [5, 5.41) is 30.4. The third-order valence-corrected chi connectivity index (χ3v) is 4.62. The minimum atomic E-state index is -1.32. The number of benzene rings is 1. The molecule has 11 nitrogen and oxygen atoms in total. The van der Waals surface area contributed by atoms with Crippen molar-refractivity contribution in [2.75, 3.05) is 12.3 Å². The Hall–Kier alpha value is -2.28. The Morgan fingerprint density at radius 2 is 2.03 bits per heavy atom. The number of imidazole rings is 1. The van der Waals surface area contributed by atoms with Gasteiger partial charge in [0.25, 0.3) is 5.56 Å². The van der Waals surface area contributed by atoms with Crippen LogP contribution >= 0.6 is 0 Å². The second-order valence-electron chi connectivity index (χ2n) is 6.41. The van der Waals surface area contributed by atoms with Crippen molar-refractivity contribution in [3.63, 3.8) is 0 Å². The van der Waals surface area contributed by atoms with Crippen molar-refractivity contribution in [1.82, 2.24) is 19.5 Å². The molecule has 0 saturated carbocycles. The van der Waals surface area contributed by atoms with Gasteiger partial charge in [0, 0.05) is 12.0 Å². The number of hydrogen-bond donors (Lipinski definition) is 4. The molecule has 3 atom stereocenters. The van der Waals surface area contributed by atoms with Crippen LogP contribution in [-0.2, 0) is 4.74 Å². The van der Waals surface area contributed by atoms with Gasteiger partial charge in [0.15, 0.2) is 11.2 Å². The monoisotopic (exact) mass is 409 g/mol. The number of H-pyrrole nitrogens is 1. The number of aromatic nitrogens is 4. The maximum atomic E-state index is 12.3. The summed E-state index contributed by atoms with van der Waals surface area (Å²) in [6, 6.07) is 5.72. The molecular weight excluding hydrogens is 393 g/mol. The second kappa shape index (κ2) is 8.22. The summed E-state index contributed by atoms with van der Waals surface area (Å²) in [6.45, 7) is -0.379. The van der Waals surface area contributed by atoms with Gasteiger partial charge in [-0.05, 0) is 5.56 Å². The molecule has 1 fully saturated rings. The molecule has 3 aromatic rings. The molecule has 0 amide bonds. The molecule has 0 spiro atoms. The number of nitrogens with two attached hydrogens (primary N) is 1. The van der Waals surface area contributed by atoms with Crippen LogP contribution in [0.5, 0.6) is 0 Å². The first kappa shape index (κ1) is 21.4. The van der Waals surface area contributed by atoms with Gasteiger partial charge in [0.2, 0.25) is 5.95 Å². The first-order chi connectivity index (χ1) is 13.4. The van der Waals surface area contributed by atoms with Crippen LogP contribution in [0.15, 0.2) is 29.1 Å². The van der Waals surface area contributed by atoms with Crippen molar-refractivity contribution >= 4 is 23.1 Å². The van der Waals surface area contributed by atoms with Crippen LogP contribution in [0.3, 0.4) is 0 Å². The van der Waals surface area contributed by atoms with Gasteiger partial charge in [-0.3, -0.25) is 14.3 Å². The molecule has 0 bridgehead atoms. The van der Waals surface area contributed by atoms with Crippen LogP contribution in [0, 0.1) is 0 Å². The van der Waals surface area contributed by atoms with Gasteiger partial charge in [0.05, 0.1) is 18.7 Å². The van der Waals surface area contributed by atoms with Crippen molar-refractivity contribution in [2.45, 2.75) is 24.9 Å². The van der Waals surface area contributed by atoms with Gasteiger partial charge in [-0.2, -0.15) is 4.98 Å². The number of carbonyl (C=O) groups is 1. The number of aromatic carboxylic acids is 1. The molecule has 146 valence electrons. The summed E-state index contributed by atoms with van der Waals surface area (Å²) in [4.78, 5) is 34.1. The van der Waals surface area contributed by atoms with Crippen molar-refractivity contribution in [1.29, 1.82) is 0 Å². The number of nitrogen functional groups attached to an aromatic ring is 1. The zero-order chi connectivity index (χ0) is 20.0. The number of aliphatic hydroxyl groups is 2. The molecule has 29 heavy (non-hydrogen) atoms. The zero-order valence-corrected chi connectivity index (χ0v) is 17.4. The van der Waals surface area contributed by atoms with Crippen LogP contribution in [0.4, 0.5) is 5.95 Å². The van der Waals surface area contributed by atoms with E-state index in [0.29, 0.717) is 5.56 Å². The van der Waals surface area contributed by atoms with Crippen molar-refractivity contribution in [3.8, 4) is 11.4 Å². The number of carboxylic acids is 1. The number of carbonyl (C=O) groups excluding carboxylic acids is 1. The van der Waals surface area contributed by atoms with E-state index in [1.165, 1.54) is 28.8 Å². The summed E-state index contributed by atoms with van der Waals surface area (Å²) in [7, 11) is 0. The van der Waals surface area contributed by atoms with E-state index >= 15 is 0 Å². The number of aromatic amines is 1. The summed E-state index contributed by atoms with van der Waals surface area (Å²) in [5.74, 6) is -1.16. The first-order valence-electron chi connectivity index (χ1n) is 8.43. The van der Waals surface area contributed by atoms with Gasteiger partial charge >= 0.3 is 29.6 Å². The number of aliphatic hydroxyl groups excluding tert-OH is 2. The number of ether oxygens (including phenoxy) is 1. The SMILES string of the molecule is Nc1nc2c(nc(-c3ccc(C(=O)[O-])cc3)n2[C@H]2C[C@H](O)[C@@H](CO)O2)c(=O)[nH]1.[Na+]. The molecule has 0 radical (unpaired) electrons. The summed E-state index contributed by atoms with van der Waals surface area (Å²) >= 11 is 0. The van der Waals surface area contributed by atoms with Crippen molar-refractivity contribution < 1.29 is 54.4 Å². The average Bonchev–Trinajstić information content (AvgIpc) is 3.22. The molecule has 1 aliphatic heterocycles. The van der Waals surface area contributed by atoms with E-state index in [1.807, 2.05) is 0 Å². The number of hydrogen-bond acceptors (Lipinski definition) is 9. The van der Waals surface area contributed by atoms with E-state index in [2.05, 4.69) is 15.0 Å². The van der Waals surface area contributed by atoms with Crippen LogP contribution in [-0.4, -0.2) is 54.5 Å². The fraction of sp³-hybridized carbons (Fsp3) is 0.294. The van der Waals surface area contributed by atoms with Crippen molar-refractivity contribution in [3.05, 3.63) is 40.2 Å². The van der Waals surface area contributed by atoms with Gasteiger partial charge in [0.1, 0.15) is 18.2 Å². The smallest absolute Gasteiger partial charge is 0.545 e. The molecule has 1 aliphatic rings. The Morgan fingerprint density at radius 1 is 1.34 bits per heavy atom. The first-order valence-corrected chi connectivity index (χ1v) is 8.43. The van der Waals surface area contributed by atoms with E-state index in [9.17, 15) is 24.9 Å². The van der Waals surface area contributed by atoms with Gasteiger partial charge in [-0.25, -0.2) is 4.98 Å². The molecule has 2 aromatic heterocycles. The standard InChI is InChI=1S/C17H17N5O6.Na/c18-17-20-14-12(15(25)21-17)19-13(7-1-3-8(4-2-7)16(26)27)22(14)11-5-9(24)10(6-23)28-11;/h1-4,9-11,23-24H,5-6H2,(H,26,27)(H3,18,20,21,25);/q;+1/p-1/t9-,10+,11+;/m0./s1. The average molecular weight is 409 g/mol. The Morgan fingerprint density at radius 3 is 2.62 bits per heavy atom. The number of anilines is 1. The maximum Gasteiger partial charge on any atom is 1.00 e. The molecule has 1 aromatic carbocycles. The van der Waals surface area contributed by atoms with E-state index in [-0.39, 0.29) is 71.1 Å². The molecule has 5 N–H and O–H groups in total. The second-order valence-corrected chi connectivity index (χ2v) is 6.41. The van der Waals surface area contributed by atoms with Gasteiger partial charge in [-0.1, -0.05) is 24.3 Å². The van der Waals surface area contributed by atoms with E-state index in [4.69, 9.17) is 10.5 Å². The van der Waals surface area contributed by atoms with Crippen LogP contribution in [0.25, 0.3) is 22.6 Å². The predicted octanol–water partition coefficient (Wildman–Crippen LogP) is -4.62. The zero-order valence-electron chi connectivity index (χ0n) is 15.4. The largest absolute Gasteiger partial charge is 1.00 e. The summed E-state index contributed by atoms with van der Waals surface area (Å²) in [6.07, 6.45) is -2.34. The van der Waals surface area contributed by atoms with Crippen LogP contribution < -0.4 is 46.0 Å².